The Bertz CT molecular complexity index is 1420. The molecule has 0 saturated heterocycles. The quantitative estimate of drug-likeness (QED) is 0.434. The highest BCUT2D eigenvalue weighted by Gasteiger charge is 2.16. The van der Waals surface area contributed by atoms with Crippen molar-refractivity contribution in [3.8, 4) is 23.1 Å². The van der Waals surface area contributed by atoms with Crippen LogP contribution in [-0.2, 0) is 6.42 Å². The van der Waals surface area contributed by atoms with E-state index in [1.165, 1.54) is 38.8 Å². The fourth-order valence-corrected chi connectivity index (χ4v) is 3.57. The van der Waals surface area contributed by atoms with Crippen molar-refractivity contribution in [1.29, 1.82) is 5.26 Å². The predicted molar refractivity (Wildman–Crippen MR) is 124 cm³/mol. The number of methoxy groups -OCH3 is 1. The Balaban J connectivity index is 1.53. The summed E-state index contributed by atoms with van der Waals surface area (Å²) >= 11 is 0. The molecule has 0 saturated carbocycles. The van der Waals surface area contributed by atoms with Gasteiger partial charge in [0, 0.05) is 43.0 Å². The summed E-state index contributed by atoms with van der Waals surface area (Å²) in [6.45, 7) is 0.484. The molecule has 4 aromatic rings. The number of aromatic nitrogens is 4. The van der Waals surface area contributed by atoms with Crippen LogP contribution in [0.3, 0.4) is 0 Å². The highest BCUT2D eigenvalue weighted by atomic mass is 19.1. The number of ether oxygens (including phenoxy) is 1. The van der Waals surface area contributed by atoms with E-state index in [0.717, 1.165) is 5.56 Å². The molecule has 0 aliphatic carbocycles. The fraction of sp³-hybridized carbons (Fsp3) is 0.167. The number of hydrogen-bond acceptors (Lipinski definition) is 8. The molecule has 0 bridgehead atoms. The van der Waals surface area contributed by atoms with Crippen molar-refractivity contribution in [1.82, 2.24) is 25.3 Å². The molecule has 9 nitrogen and oxygen atoms in total. The van der Waals surface area contributed by atoms with Crippen LogP contribution in [0.1, 0.15) is 21.6 Å². The maximum Gasteiger partial charge on any atom is 0.251 e. The van der Waals surface area contributed by atoms with Gasteiger partial charge in [-0.15, -0.1) is 0 Å². The Morgan fingerprint density at radius 1 is 1.18 bits per heavy atom. The molecule has 0 atom stereocenters. The molecule has 1 aromatic carbocycles. The number of pyridine rings is 2. The molecular formula is C24H20FN7O2. The van der Waals surface area contributed by atoms with Gasteiger partial charge in [-0.2, -0.15) is 5.26 Å². The number of nitrogens with zero attached hydrogens (tertiary/aromatic N) is 5. The summed E-state index contributed by atoms with van der Waals surface area (Å²) in [5.41, 5.74) is 2.96. The molecule has 0 radical (unpaired) electrons. The summed E-state index contributed by atoms with van der Waals surface area (Å²) in [6.07, 6.45) is 4.99. The summed E-state index contributed by atoms with van der Waals surface area (Å²) in [5, 5.41) is 15.1. The van der Waals surface area contributed by atoms with Gasteiger partial charge >= 0.3 is 0 Å². The van der Waals surface area contributed by atoms with Gasteiger partial charge in [-0.1, -0.05) is 6.07 Å². The number of carbonyl (C=O) groups excluding carboxylic acids is 1. The zero-order valence-electron chi connectivity index (χ0n) is 18.5. The molecule has 0 aliphatic rings. The monoisotopic (exact) mass is 457 g/mol. The van der Waals surface area contributed by atoms with Gasteiger partial charge in [0.2, 0.25) is 0 Å². The smallest absolute Gasteiger partial charge is 0.251 e. The summed E-state index contributed by atoms with van der Waals surface area (Å²) in [5.74, 6) is 0.0769. The topological polar surface area (TPSA) is 126 Å². The largest absolute Gasteiger partial charge is 0.494 e. The SMILES string of the molecule is CNC(=O)c1ccnc2c(CCNc3cc(-c4cnc(C#N)c(OC)c4)ncn3)ccc(F)c12. The molecule has 3 aromatic heterocycles. The maximum atomic E-state index is 14.5. The highest BCUT2D eigenvalue weighted by molar-refractivity contribution is 6.06. The van der Waals surface area contributed by atoms with Crippen LogP contribution < -0.4 is 15.4 Å². The third-order valence-corrected chi connectivity index (χ3v) is 5.24. The minimum Gasteiger partial charge on any atom is -0.494 e. The van der Waals surface area contributed by atoms with Crippen molar-refractivity contribution in [2.75, 3.05) is 26.0 Å². The first kappa shape index (κ1) is 22.5. The molecule has 0 fully saturated rings. The van der Waals surface area contributed by atoms with E-state index < -0.39 is 5.82 Å². The first-order valence-electron chi connectivity index (χ1n) is 10.3. The average Bonchev–Trinajstić information content (AvgIpc) is 2.89. The number of benzene rings is 1. The second-order valence-corrected chi connectivity index (χ2v) is 7.22. The van der Waals surface area contributed by atoms with Crippen molar-refractivity contribution in [2.45, 2.75) is 6.42 Å². The summed E-state index contributed by atoms with van der Waals surface area (Å²) in [6, 6.07) is 9.94. The number of carbonyl (C=O) groups is 1. The van der Waals surface area contributed by atoms with Gasteiger partial charge in [0.25, 0.3) is 5.91 Å². The van der Waals surface area contributed by atoms with Gasteiger partial charge in [0.15, 0.2) is 11.4 Å². The summed E-state index contributed by atoms with van der Waals surface area (Å²) in [7, 11) is 2.97. The molecule has 0 spiro atoms. The zero-order chi connectivity index (χ0) is 24.1. The van der Waals surface area contributed by atoms with Crippen LogP contribution in [0.4, 0.5) is 10.2 Å². The Hall–Kier alpha value is -4.65. The van der Waals surface area contributed by atoms with E-state index in [1.54, 1.807) is 24.4 Å². The van der Waals surface area contributed by atoms with Crippen molar-refractivity contribution >= 4 is 22.6 Å². The van der Waals surface area contributed by atoms with Crippen LogP contribution in [0.15, 0.2) is 49.1 Å². The van der Waals surface area contributed by atoms with Crippen LogP contribution in [0, 0.1) is 17.1 Å². The van der Waals surface area contributed by atoms with Crippen LogP contribution in [0.5, 0.6) is 5.75 Å². The maximum absolute atomic E-state index is 14.5. The minimum absolute atomic E-state index is 0.193. The third-order valence-electron chi connectivity index (χ3n) is 5.24. The van der Waals surface area contributed by atoms with E-state index in [-0.39, 0.29) is 22.6 Å². The summed E-state index contributed by atoms with van der Waals surface area (Å²) < 4.78 is 19.7. The lowest BCUT2D eigenvalue weighted by atomic mass is 10.0. The normalized spacial score (nSPS) is 10.5. The number of fused-ring (bicyclic) bond motifs is 1. The third kappa shape index (κ3) is 4.45. The Morgan fingerprint density at radius 3 is 2.79 bits per heavy atom. The number of nitrogens with one attached hydrogen (secondary N) is 2. The molecule has 3 heterocycles. The molecule has 0 aliphatic heterocycles. The van der Waals surface area contributed by atoms with Crippen LogP contribution in [0.2, 0.25) is 0 Å². The van der Waals surface area contributed by atoms with Gasteiger partial charge in [-0.05, 0) is 30.2 Å². The average molecular weight is 457 g/mol. The van der Waals surface area contributed by atoms with Crippen molar-refractivity contribution in [2.24, 2.45) is 0 Å². The molecule has 34 heavy (non-hydrogen) atoms. The number of amides is 1. The van der Waals surface area contributed by atoms with E-state index in [0.29, 0.717) is 41.3 Å². The molecule has 4 rings (SSSR count). The van der Waals surface area contributed by atoms with Gasteiger partial charge in [0.05, 0.1) is 23.9 Å². The highest BCUT2D eigenvalue weighted by Crippen LogP contribution is 2.26. The second-order valence-electron chi connectivity index (χ2n) is 7.22. The van der Waals surface area contributed by atoms with Gasteiger partial charge in [-0.3, -0.25) is 9.78 Å². The Morgan fingerprint density at radius 2 is 2.03 bits per heavy atom. The van der Waals surface area contributed by atoms with Crippen molar-refractivity contribution in [3.05, 3.63) is 71.7 Å². The lowest BCUT2D eigenvalue weighted by molar-refractivity contribution is 0.0964. The van der Waals surface area contributed by atoms with Crippen LogP contribution in [-0.4, -0.2) is 46.5 Å². The second kappa shape index (κ2) is 9.87. The Kier molecular flexibility index (Phi) is 6.54. The van der Waals surface area contributed by atoms with Gasteiger partial charge in [-0.25, -0.2) is 19.3 Å². The van der Waals surface area contributed by atoms with Crippen LogP contribution in [0.25, 0.3) is 22.2 Å². The van der Waals surface area contributed by atoms with E-state index in [1.807, 2.05) is 6.07 Å². The molecule has 10 heteroatoms. The zero-order valence-corrected chi connectivity index (χ0v) is 18.5. The fourth-order valence-electron chi connectivity index (χ4n) is 3.57. The molecule has 0 unspecified atom stereocenters. The lowest BCUT2D eigenvalue weighted by Gasteiger charge is -2.11. The number of hydrogen-bond donors (Lipinski definition) is 2. The van der Waals surface area contributed by atoms with Gasteiger partial charge in [0.1, 0.15) is 24.0 Å². The van der Waals surface area contributed by atoms with E-state index >= 15 is 0 Å². The van der Waals surface area contributed by atoms with Gasteiger partial charge < -0.3 is 15.4 Å². The number of halogens is 1. The molecular weight excluding hydrogens is 437 g/mol. The Labute approximate surface area is 194 Å². The minimum atomic E-state index is -0.495. The van der Waals surface area contributed by atoms with E-state index in [4.69, 9.17) is 10.00 Å². The van der Waals surface area contributed by atoms with E-state index in [2.05, 4.69) is 30.6 Å². The number of nitriles is 1. The predicted octanol–water partition coefficient (Wildman–Crippen LogP) is 3.12. The number of anilines is 1. The number of rotatable bonds is 7. The van der Waals surface area contributed by atoms with E-state index in [9.17, 15) is 9.18 Å². The standard InChI is InChI=1S/C24H20FN7O2/c1-27-24(33)16-6-8-29-23-14(3-4-17(25)22(16)23)5-7-28-21-10-18(31-13-32-21)15-9-20(34-2)19(11-26)30-12-15/h3-4,6,8-10,12-13H,5,7H2,1-2H3,(H,27,33)(H,28,31,32). The molecule has 2 N–H and O–H groups in total. The first-order valence-corrected chi connectivity index (χ1v) is 10.3. The van der Waals surface area contributed by atoms with Crippen molar-refractivity contribution in [3.63, 3.8) is 0 Å². The summed E-state index contributed by atoms with van der Waals surface area (Å²) in [4.78, 5) is 29.1. The lowest BCUT2D eigenvalue weighted by Crippen LogP contribution is -2.18. The van der Waals surface area contributed by atoms with Crippen molar-refractivity contribution < 1.29 is 13.9 Å². The van der Waals surface area contributed by atoms with Crippen LogP contribution >= 0.6 is 0 Å². The molecule has 170 valence electrons. The molecule has 1 amide bonds. The first-order chi connectivity index (χ1) is 16.5.